The van der Waals surface area contributed by atoms with E-state index >= 15 is 0 Å². The summed E-state index contributed by atoms with van der Waals surface area (Å²) in [4.78, 5) is 22.9. The van der Waals surface area contributed by atoms with Crippen LogP contribution in [0.1, 0.15) is 11.1 Å². The van der Waals surface area contributed by atoms with Gasteiger partial charge in [-0.2, -0.15) is 13.2 Å². The van der Waals surface area contributed by atoms with Crippen molar-refractivity contribution in [3.63, 3.8) is 0 Å². The second-order valence-corrected chi connectivity index (χ2v) is 6.10. The lowest BCUT2D eigenvalue weighted by Gasteiger charge is -2.16. The first-order chi connectivity index (χ1) is 12.6. The molecule has 6 nitrogen and oxygen atoms in total. The number of halogens is 3. The van der Waals surface area contributed by atoms with Gasteiger partial charge in [0.05, 0.1) is 17.5 Å². The standard InChI is InChI=1S/C18H19F3N4O2/c1-24(2)16-10-14(18(19,20)21)9-15(23-16)13-7-5-12(6-8-13)11-22-27-17(26)25(3)4/h5-11H,1-4H3. The van der Waals surface area contributed by atoms with Crippen LogP contribution in [-0.4, -0.2) is 50.4 Å². The summed E-state index contributed by atoms with van der Waals surface area (Å²) in [5.74, 6) is 0.209. The molecule has 27 heavy (non-hydrogen) atoms. The molecule has 2 aromatic rings. The minimum absolute atomic E-state index is 0.205. The molecular weight excluding hydrogens is 361 g/mol. The number of benzene rings is 1. The average molecular weight is 380 g/mol. The Morgan fingerprint density at radius 3 is 2.26 bits per heavy atom. The summed E-state index contributed by atoms with van der Waals surface area (Å²) < 4.78 is 39.4. The molecule has 0 radical (unpaired) electrons. The molecule has 0 saturated heterocycles. The molecule has 0 bridgehead atoms. The van der Waals surface area contributed by atoms with Gasteiger partial charge < -0.3 is 9.80 Å². The van der Waals surface area contributed by atoms with Gasteiger partial charge in [0.25, 0.3) is 0 Å². The predicted octanol–water partition coefficient (Wildman–Crippen LogP) is 3.87. The van der Waals surface area contributed by atoms with Crippen molar-refractivity contribution >= 4 is 18.1 Å². The van der Waals surface area contributed by atoms with E-state index in [1.807, 2.05) is 0 Å². The average Bonchev–Trinajstić information content (AvgIpc) is 2.61. The maximum absolute atomic E-state index is 13.1. The first-order valence-corrected chi connectivity index (χ1v) is 7.86. The third kappa shape index (κ3) is 5.44. The Morgan fingerprint density at radius 1 is 1.11 bits per heavy atom. The molecule has 1 aromatic carbocycles. The third-order valence-corrected chi connectivity index (χ3v) is 3.50. The van der Waals surface area contributed by atoms with Crippen molar-refractivity contribution in [1.82, 2.24) is 9.88 Å². The fraction of sp³-hybridized carbons (Fsp3) is 0.278. The van der Waals surface area contributed by atoms with Gasteiger partial charge in [-0.05, 0) is 17.7 Å². The van der Waals surface area contributed by atoms with Gasteiger partial charge >= 0.3 is 12.3 Å². The van der Waals surface area contributed by atoms with Crippen LogP contribution in [0.15, 0.2) is 41.6 Å². The van der Waals surface area contributed by atoms with Gasteiger partial charge in [0, 0.05) is 33.8 Å². The van der Waals surface area contributed by atoms with Crippen LogP contribution in [0.25, 0.3) is 11.3 Å². The first-order valence-electron chi connectivity index (χ1n) is 7.86. The molecule has 1 aromatic heterocycles. The Balaban J connectivity index is 2.27. The molecule has 0 unspecified atom stereocenters. The normalized spacial score (nSPS) is 11.5. The molecular formula is C18H19F3N4O2. The molecule has 0 N–H and O–H groups in total. The quantitative estimate of drug-likeness (QED) is 0.459. The molecule has 0 atom stereocenters. The number of carbonyl (C=O) groups excluding carboxylic acids is 1. The molecule has 2 rings (SSSR count). The molecule has 9 heteroatoms. The van der Waals surface area contributed by atoms with Crippen molar-refractivity contribution in [3.05, 3.63) is 47.5 Å². The van der Waals surface area contributed by atoms with Crippen molar-refractivity contribution in [1.29, 1.82) is 0 Å². The largest absolute Gasteiger partial charge is 0.435 e. The predicted molar refractivity (Wildman–Crippen MR) is 96.8 cm³/mol. The number of aromatic nitrogens is 1. The Bertz CT molecular complexity index is 831. The van der Waals surface area contributed by atoms with Crippen LogP contribution >= 0.6 is 0 Å². The number of carbonyl (C=O) groups is 1. The van der Waals surface area contributed by atoms with E-state index in [4.69, 9.17) is 0 Å². The summed E-state index contributed by atoms with van der Waals surface area (Å²) >= 11 is 0. The van der Waals surface area contributed by atoms with Crippen LogP contribution in [0.4, 0.5) is 23.8 Å². The lowest BCUT2D eigenvalue weighted by Crippen LogP contribution is -2.20. The summed E-state index contributed by atoms with van der Waals surface area (Å²) in [6.07, 6.45) is -3.76. The second kappa shape index (κ2) is 8.07. The summed E-state index contributed by atoms with van der Waals surface area (Å²) in [6, 6.07) is 8.53. The number of hydrogen-bond donors (Lipinski definition) is 0. The van der Waals surface area contributed by atoms with Crippen molar-refractivity contribution in [2.75, 3.05) is 33.1 Å². The Kier molecular flexibility index (Phi) is 6.04. The van der Waals surface area contributed by atoms with Gasteiger partial charge in [-0.1, -0.05) is 29.4 Å². The van der Waals surface area contributed by atoms with E-state index in [1.165, 1.54) is 30.1 Å². The highest BCUT2D eigenvalue weighted by atomic mass is 19.4. The van der Waals surface area contributed by atoms with E-state index < -0.39 is 17.8 Å². The molecule has 0 aliphatic carbocycles. The number of alkyl halides is 3. The highest BCUT2D eigenvalue weighted by Gasteiger charge is 2.32. The summed E-state index contributed by atoms with van der Waals surface area (Å²) in [6.45, 7) is 0. The van der Waals surface area contributed by atoms with Crippen molar-refractivity contribution < 1.29 is 22.8 Å². The van der Waals surface area contributed by atoms with Crippen LogP contribution in [0.5, 0.6) is 0 Å². The summed E-state index contributed by atoms with van der Waals surface area (Å²) in [5.41, 5.74) is 0.574. The molecule has 0 fully saturated rings. The Morgan fingerprint density at radius 2 is 1.74 bits per heavy atom. The van der Waals surface area contributed by atoms with Crippen LogP contribution in [0.2, 0.25) is 0 Å². The lowest BCUT2D eigenvalue weighted by molar-refractivity contribution is -0.137. The molecule has 0 spiro atoms. The van der Waals surface area contributed by atoms with Gasteiger partial charge in [-0.3, -0.25) is 4.84 Å². The zero-order chi connectivity index (χ0) is 20.2. The minimum atomic E-state index is -4.47. The van der Waals surface area contributed by atoms with Crippen LogP contribution < -0.4 is 4.90 Å². The lowest BCUT2D eigenvalue weighted by atomic mass is 10.1. The monoisotopic (exact) mass is 380 g/mol. The smallest absolute Gasteiger partial charge is 0.363 e. The zero-order valence-electron chi connectivity index (χ0n) is 15.3. The number of anilines is 1. The Labute approximate surface area is 154 Å². The van der Waals surface area contributed by atoms with Gasteiger partial charge in [-0.15, -0.1) is 0 Å². The molecule has 144 valence electrons. The molecule has 1 heterocycles. The number of rotatable bonds is 4. The van der Waals surface area contributed by atoms with Crippen molar-refractivity contribution in [2.45, 2.75) is 6.18 Å². The fourth-order valence-electron chi connectivity index (χ4n) is 2.01. The van der Waals surface area contributed by atoms with Crippen molar-refractivity contribution in [2.24, 2.45) is 5.16 Å². The second-order valence-electron chi connectivity index (χ2n) is 6.10. The van der Waals surface area contributed by atoms with Gasteiger partial charge in [-0.25, -0.2) is 9.78 Å². The van der Waals surface area contributed by atoms with E-state index in [-0.39, 0.29) is 11.5 Å². The van der Waals surface area contributed by atoms with Crippen molar-refractivity contribution in [3.8, 4) is 11.3 Å². The first kappa shape index (κ1) is 20.2. The third-order valence-electron chi connectivity index (χ3n) is 3.50. The highest BCUT2D eigenvalue weighted by molar-refractivity contribution is 5.81. The van der Waals surface area contributed by atoms with Gasteiger partial charge in [0.15, 0.2) is 0 Å². The number of hydrogen-bond acceptors (Lipinski definition) is 5. The fourth-order valence-corrected chi connectivity index (χ4v) is 2.01. The van der Waals surface area contributed by atoms with E-state index in [0.717, 1.165) is 12.1 Å². The maximum atomic E-state index is 13.1. The highest BCUT2D eigenvalue weighted by Crippen LogP contribution is 2.33. The number of pyridine rings is 1. The SMILES string of the molecule is CN(C)C(=O)ON=Cc1ccc(-c2cc(C(F)(F)F)cc(N(C)C)n2)cc1. The van der Waals surface area contributed by atoms with E-state index in [2.05, 4.69) is 15.0 Å². The van der Waals surface area contributed by atoms with E-state index in [9.17, 15) is 18.0 Å². The maximum Gasteiger partial charge on any atom is 0.435 e. The van der Waals surface area contributed by atoms with Crippen LogP contribution in [0, 0.1) is 0 Å². The van der Waals surface area contributed by atoms with E-state index in [1.54, 1.807) is 38.4 Å². The molecule has 0 aliphatic rings. The number of oxime groups is 1. The molecule has 1 amide bonds. The number of nitrogens with zero attached hydrogens (tertiary/aromatic N) is 4. The molecule has 0 saturated carbocycles. The van der Waals surface area contributed by atoms with Gasteiger partial charge in [0.1, 0.15) is 5.82 Å². The summed E-state index contributed by atoms with van der Waals surface area (Å²) in [5, 5.41) is 3.56. The number of amides is 1. The minimum Gasteiger partial charge on any atom is -0.363 e. The van der Waals surface area contributed by atoms with E-state index in [0.29, 0.717) is 11.1 Å². The Hall–Kier alpha value is -3.10. The van der Waals surface area contributed by atoms with Gasteiger partial charge in [0.2, 0.25) is 0 Å². The molecule has 0 aliphatic heterocycles. The van der Waals surface area contributed by atoms with Crippen LogP contribution in [-0.2, 0) is 11.0 Å². The topological polar surface area (TPSA) is 58.0 Å². The summed E-state index contributed by atoms with van der Waals surface area (Å²) in [7, 11) is 6.30. The van der Waals surface area contributed by atoms with Crippen LogP contribution in [0.3, 0.4) is 0 Å². The zero-order valence-corrected chi connectivity index (χ0v) is 15.3.